The summed E-state index contributed by atoms with van der Waals surface area (Å²) in [5.41, 5.74) is 0.559. The summed E-state index contributed by atoms with van der Waals surface area (Å²) in [5, 5.41) is 3.14. The van der Waals surface area contributed by atoms with Gasteiger partial charge in [0.15, 0.2) is 0 Å². The summed E-state index contributed by atoms with van der Waals surface area (Å²) >= 11 is 0. The molecule has 0 bridgehead atoms. The van der Waals surface area contributed by atoms with Gasteiger partial charge in [-0.2, -0.15) is 0 Å². The molecule has 142 valence electrons. The first-order valence-electron chi connectivity index (χ1n) is 9.74. The Bertz CT molecular complexity index is 556. The number of nitrogens with zero attached hydrogens (tertiary/aromatic N) is 1. The molecule has 1 heterocycles. The number of nitrogens with one attached hydrogen (secondary N) is 1. The van der Waals surface area contributed by atoms with E-state index in [4.69, 9.17) is 0 Å². The Kier molecular flexibility index (Phi) is 5.70. The molecule has 0 saturated heterocycles. The van der Waals surface area contributed by atoms with Gasteiger partial charge < -0.3 is 10.2 Å². The van der Waals surface area contributed by atoms with Gasteiger partial charge in [0.05, 0.1) is 0 Å². The molecule has 2 amide bonds. The molecule has 4 heteroatoms. The molecule has 1 aliphatic carbocycles. The summed E-state index contributed by atoms with van der Waals surface area (Å²) in [6.45, 7) is 15.9. The number of amides is 2. The van der Waals surface area contributed by atoms with Crippen molar-refractivity contribution in [2.24, 2.45) is 22.7 Å². The van der Waals surface area contributed by atoms with Crippen LogP contribution in [0.5, 0.6) is 0 Å². The Labute approximate surface area is 153 Å². The lowest BCUT2D eigenvalue weighted by atomic mass is 9.76. The zero-order chi connectivity index (χ0) is 19.0. The van der Waals surface area contributed by atoms with Gasteiger partial charge in [-0.15, -0.1) is 0 Å². The zero-order valence-corrected chi connectivity index (χ0v) is 17.1. The second kappa shape index (κ2) is 7.13. The van der Waals surface area contributed by atoms with E-state index in [0.29, 0.717) is 25.0 Å². The smallest absolute Gasteiger partial charge is 0.229 e. The maximum atomic E-state index is 12.8. The van der Waals surface area contributed by atoms with Gasteiger partial charge in [-0.05, 0) is 31.1 Å². The molecule has 2 rings (SSSR count). The third kappa shape index (κ3) is 4.45. The van der Waals surface area contributed by atoms with Crippen LogP contribution in [0, 0.1) is 22.7 Å². The van der Waals surface area contributed by atoms with Gasteiger partial charge in [0.1, 0.15) is 0 Å². The topological polar surface area (TPSA) is 49.4 Å². The van der Waals surface area contributed by atoms with E-state index in [1.807, 2.05) is 32.6 Å². The fraction of sp³-hybridized carbons (Fsp3) is 0.810. The fourth-order valence-electron chi connectivity index (χ4n) is 3.04. The van der Waals surface area contributed by atoms with E-state index >= 15 is 0 Å². The summed E-state index contributed by atoms with van der Waals surface area (Å²) in [6.07, 6.45) is 5.28. The largest absolute Gasteiger partial charge is 0.353 e. The van der Waals surface area contributed by atoms with Crippen LogP contribution in [0.25, 0.3) is 0 Å². The first kappa shape index (κ1) is 20.0. The first-order chi connectivity index (χ1) is 11.5. The molecular formula is C21H36N2O2. The van der Waals surface area contributed by atoms with Crippen LogP contribution < -0.4 is 5.32 Å². The van der Waals surface area contributed by atoms with Crippen LogP contribution in [-0.2, 0) is 9.59 Å². The Balaban J connectivity index is 1.91. The van der Waals surface area contributed by atoms with Gasteiger partial charge in [0.25, 0.3) is 0 Å². The van der Waals surface area contributed by atoms with Crippen LogP contribution in [0.15, 0.2) is 11.6 Å². The number of carbonyl (C=O) groups is 2. The van der Waals surface area contributed by atoms with Crippen molar-refractivity contribution in [3.63, 3.8) is 0 Å². The molecule has 1 aliphatic heterocycles. The number of hydrogen-bond acceptors (Lipinski definition) is 2. The Morgan fingerprint density at radius 2 is 1.76 bits per heavy atom. The number of rotatable bonds is 7. The predicted molar refractivity (Wildman–Crippen MR) is 102 cm³/mol. The van der Waals surface area contributed by atoms with Gasteiger partial charge in [-0.25, -0.2) is 0 Å². The lowest BCUT2D eigenvalue weighted by Gasteiger charge is -2.33. The molecule has 1 unspecified atom stereocenters. The van der Waals surface area contributed by atoms with Crippen molar-refractivity contribution in [1.82, 2.24) is 10.2 Å². The molecule has 1 fully saturated rings. The quantitative estimate of drug-likeness (QED) is 0.712. The number of hydrogen-bond donors (Lipinski definition) is 1. The second-order valence-corrected chi connectivity index (χ2v) is 9.50. The standard InChI is InChI=1S/C21H36N2O2/c1-14(2)20(4,5)19(25)23-11-10-16(13-23)12-15(3)21(6,7)18(24)22-17-8-9-17/h10,14-15,17H,8-9,11-13H2,1-7H3,(H,22,24). The molecule has 1 atom stereocenters. The van der Waals surface area contributed by atoms with Gasteiger partial charge in [0, 0.05) is 30.0 Å². The normalized spacial score (nSPS) is 19.8. The molecule has 1 saturated carbocycles. The molecular weight excluding hydrogens is 312 g/mol. The van der Waals surface area contributed by atoms with E-state index in [-0.39, 0.29) is 23.1 Å². The average molecular weight is 349 g/mol. The van der Waals surface area contributed by atoms with Crippen LogP contribution in [0.2, 0.25) is 0 Å². The summed E-state index contributed by atoms with van der Waals surface area (Å²) < 4.78 is 0. The minimum atomic E-state index is -0.391. The van der Waals surface area contributed by atoms with E-state index in [9.17, 15) is 9.59 Å². The molecule has 0 radical (unpaired) electrons. The highest BCUT2D eigenvalue weighted by Crippen LogP contribution is 2.35. The van der Waals surface area contributed by atoms with Crippen molar-refractivity contribution in [3.8, 4) is 0 Å². The zero-order valence-electron chi connectivity index (χ0n) is 17.1. The van der Waals surface area contributed by atoms with E-state index in [1.54, 1.807) is 0 Å². The Hall–Kier alpha value is -1.32. The maximum Gasteiger partial charge on any atom is 0.229 e. The molecule has 25 heavy (non-hydrogen) atoms. The fourth-order valence-corrected chi connectivity index (χ4v) is 3.04. The summed E-state index contributed by atoms with van der Waals surface area (Å²) in [6, 6.07) is 0.399. The summed E-state index contributed by atoms with van der Waals surface area (Å²) in [7, 11) is 0. The van der Waals surface area contributed by atoms with Crippen molar-refractivity contribution < 1.29 is 9.59 Å². The van der Waals surface area contributed by atoms with Crippen molar-refractivity contribution in [1.29, 1.82) is 0 Å². The van der Waals surface area contributed by atoms with Crippen LogP contribution in [0.3, 0.4) is 0 Å². The van der Waals surface area contributed by atoms with Crippen LogP contribution >= 0.6 is 0 Å². The summed E-state index contributed by atoms with van der Waals surface area (Å²) in [4.78, 5) is 27.3. The highest BCUT2D eigenvalue weighted by Gasteiger charge is 2.39. The molecule has 2 aliphatic rings. The lowest BCUT2D eigenvalue weighted by molar-refractivity contribution is -0.141. The monoisotopic (exact) mass is 348 g/mol. The average Bonchev–Trinajstić information content (AvgIpc) is 3.21. The summed E-state index contributed by atoms with van der Waals surface area (Å²) in [5.74, 6) is 0.945. The minimum absolute atomic E-state index is 0.162. The highest BCUT2D eigenvalue weighted by atomic mass is 16.2. The maximum absolute atomic E-state index is 12.8. The van der Waals surface area contributed by atoms with E-state index in [2.05, 4.69) is 32.2 Å². The molecule has 0 aromatic heterocycles. The molecule has 0 spiro atoms. The minimum Gasteiger partial charge on any atom is -0.353 e. The number of carbonyl (C=O) groups excluding carboxylic acids is 2. The third-order valence-corrected chi connectivity index (χ3v) is 6.57. The van der Waals surface area contributed by atoms with Gasteiger partial charge in [-0.3, -0.25) is 9.59 Å². The van der Waals surface area contributed by atoms with Gasteiger partial charge in [0.2, 0.25) is 11.8 Å². The molecule has 0 aromatic carbocycles. The van der Waals surface area contributed by atoms with Gasteiger partial charge >= 0.3 is 0 Å². The first-order valence-corrected chi connectivity index (χ1v) is 9.74. The Morgan fingerprint density at radius 3 is 2.28 bits per heavy atom. The van der Waals surface area contributed by atoms with E-state index in [0.717, 1.165) is 19.3 Å². The predicted octanol–water partition coefficient (Wildman–Crippen LogP) is 3.77. The van der Waals surface area contributed by atoms with E-state index in [1.165, 1.54) is 5.57 Å². The highest BCUT2D eigenvalue weighted by molar-refractivity contribution is 5.83. The van der Waals surface area contributed by atoms with E-state index < -0.39 is 5.41 Å². The van der Waals surface area contributed by atoms with Gasteiger partial charge in [-0.1, -0.05) is 60.1 Å². The molecule has 1 N–H and O–H groups in total. The second-order valence-electron chi connectivity index (χ2n) is 9.50. The van der Waals surface area contributed by atoms with Crippen molar-refractivity contribution in [2.75, 3.05) is 13.1 Å². The van der Waals surface area contributed by atoms with Crippen LogP contribution in [0.1, 0.15) is 67.7 Å². The van der Waals surface area contributed by atoms with Crippen LogP contribution in [0.4, 0.5) is 0 Å². The lowest BCUT2D eigenvalue weighted by Crippen LogP contribution is -2.43. The molecule has 0 aromatic rings. The van der Waals surface area contributed by atoms with Crippen LogP contribution in [-0.4, -0.2) is 35.8 Å². The SMILES string of the molecule is CC(C)C(C)(C)C(=O)N1CC=C(CC(C)C(C)(C)C(=O)NC2CC2)C1. The van der Waals surface area contributed by atoms with Crippen molar-refractivity contribution in [3.05, 3.63) is 11.6 Å². The van der Waals surface area contributed by atoms with Crippen molar-refractivity contribution in [2.45, 2.75) is 73.8 Å². The van der Waals surface area contributed by atoms with Crippen molar-refractivity contribution >= 4 is 11.8 Å². The third-order valence-electron chi connectivity index (χ3n) is 6.57. The Morgan fingerprint density at radius 1 is 1.16 bits per heavy atom. The molecule has 4 nitrogen and oxygen atoms in total.